The van der Waals surface area contributed by atoms with E-state index in [9.17, 15) is 9.59 Å². The van der Waals surface area contributed by atoms with Crippen LogP contribution in [-0.2, 0) is 11.8 Å². The molecule has 0 unspecified atom stereocenters. The summed E-state index contributed by atoms with van der Waals surface area (Å²) in [6.45, 7) is 7.82. The summed E-state index contributed by atoms with van der Waals surface area (Å²) in [5.41, 5.74) is 2.37. The highest BCUT2D eigenvalue weighted by Crippen LogP contribution is 2.36. The minimum Gasteiger partial charge on any atom is -0.444 e. The molecule has 1 aliphatic heterocycles. The Hall–Kier alpha value is -3.95. The number of carbonyl (C=O) groups excluding carboxylic acids is 2. The number of carbonyl (C=O) groups is 2. The minimum absolute atomic E-state index is 0.289. The number of H-pyrrole nitrogens is 1. The van der Waals surface area contributed by atoms with E-state index in [1.807, 2.05) is 20.0 Å². The van der Waals surface area contributed by atoms with Crippen LogP contribution in [0.25, 0.3) is 21.8 Å². The highest BCUT2D eigenvalue weighted by molar-refractivity contribution is 6.06. The number of benzene rings is 1. The van der Waals surface area contributed by atoms with Crippen molar-refractivity contribution < 1.29 is 18.7 Å². The normalized spacial score (nSPS) is 16.2. The van der Waals surface area contributed by atoms with E-state index < -0.39 is 23.6 Å². The zero-order valence-electron chi connectivity index (χ0n) is 21.0. The largest absolute Gasteiger partial charge is 0.444 e. The molecule has 1 aliphatic rings. The fraction of sp³-hybridized carbons (Fsp3) is 0.385. The quantitative estimate of drug-likeness (QED) is 0.408. The Bertz CT molecular complexity index is 1500. The average Bonchev–Trinajstić information content (AvgIpc) is 3.49. The summed E-state index contributed by atoms with van der Waals surface area (Å²) >= 11 is 0. The molecule has 1 fully saturated rings. The summed E-state index contributed by atoms with van der Waals surface area (Å²) < 4.78 is 22.6. The van der Waals surface area contributed by atoms with Crippen LogP contribution in [0, 0.1) is 12.7 Å². The zero-order valence-corrected chi connectivity index (χ0v) is 21.0. The number of ether oxygens (including phenoxy) is 1. The smallest absolute Gasteiger partial charge is 0.410 e. The number of pyridine rings is 1. The molecule has 9 nitrogen and oxygen atoms in total. The number of anilines is 1. The van der Waals surface area contributed by atoms with Crippen LogP contribution in [0.5, 0.6) is 0 Å². The second-order valence-electron chi connectivity index (χ2n) is 10.2. The molecule has 5 rings (SSSR count). The molecule has 4 aromatic rings. The summed E-state index contributed by atoms with van der Waals surface area (Å²) in [5, 5.41) is 8.45. The van der Waals surface area contributed by atoms with Crippen molar-refractivity contribution in [2.75, 3.05) is 11.9 Å². The predicted molar refractivity (Wildman–Crippen MR) is 134 cm³/mol. The van der Waals surface area contributed by atoms with E-state index in [2.05, 4.69) is 20.4 Å². The Labute approximate surface area is 207 Å². The van der Waals surface area contributed by atoms with Gasteiger partial charge in [0.05, 0.1) is 33.8 Å². The lowest BCUT2D eigenvalue weighted by molar-refractivity contribution is 0.0219. The van der Waals surface area contributed by atoms with Crippen molar-refractivity contribution in [2.45, 2.75) is 52.2 Å². The van der Waals surface area contributed by atoms with E-state index in [1.165, 1.54) is 6.20 Å². The summed E-state index contributed by atoms with van der Waals surface area (Å²) in [7, 11) is 1.83. The Kier molecular flexibility index (Phi) is 5.69. The van der Waals surface area contributed by atoms with Gasteiger partial charge in [-0.1, -0.05) is 6.07 Å². The molecule has 36 heavy (non-hydrogen) atoms. The van der Waals surface area contributed by atoms with Gasteiger partial charge in [0, 0.05) is 36.8 Å². The first-order chi connectivity index (χ1) is 17.0. The average molecular weight is 493 g/mol. The molecule has 0 aliphatic carbocycles. The van der Waals surface area contributed by atoms with E-state index >= 15 is 4.39 Å². The van der Waals surface area contributed by atoms with Gasteiger partial charge in [0.25, 0.3) is 5.91 Å². The topological polar surface area (TPSA) is 105 Å². The fourth-order valence-electron chi connectivity index (χ4n) is 4.75. The van der Waals surface area contributed by atoms with E-state index in [-0.39, 0.29) is 11.7 Å². The van der Waals surface area contributed by atoms with Gasteiger partial charge in [0.1, 0.15) is 11.4 Å². The maximum absolute atomic E-state index is 15.4. The number of likely N-dealkylation sites (tertiary alicyclic amines) is 1. The van der Waals surface area contributed by atoms with Crippen LogP contribution in [-0.4, -0.2) is 48.8 Å². The molecule has 0 radical (unpaired) electrons. The summed E-state index contributed by atoms with van der Waals surface area (Å²) in [6, 6.07) is 6.52. The van der Waals surface area contributed by atoms with Crippen molar-refractivity contribution in [1.29, 1.82) is 0 Å². The number of aromatic amines is 1. The van der Waals surface area contributed by atoms with Crippen LogP contribution >= 0.6 is 0 Å². The highest BCUT2D eigenvalue weighted by atomic mass is 19.1. The Morgan fingerprint density at radius 1 is 1.22 bits per heavy atom. The van der Waals surface area contributed by atoms with Gasteiger partial charge >= 0.3 is 6.09 Å². The van der Waals surface area contributed by atoms with Crippen LogP contribution in [0.1, 0.15) is 61.4 Å². The van der Waals surface area contributed by atoms with Crippen molar-refractivity contribution >= 4 is 39.6 Å². The van der Waals surface area contributed by atoms with Crippen molar-refractivity contribution in [3.05, 3.63) is 53.2 Å². The number of rotatable bonds is 3. The van der Waals surface area contributed by atoms with Gasteiger partial charge in [-0.15, -0.1) is 0 Å². The van der Waals surface area contributed by atoms with Gasteiger partial charge in [-0.3, -0.25) is 14.4 Å². The highest BCUT2D eigenvalue weighted by Gasteiger charge is 2.36. The van der Waals surface area contributed by atoms with Gasteiger partial charge in [0.15, 0.2) is 5.82 Å². The van der Waals surface area contributed by atoms with Crippen LogP contribution in [0.4, 0.5) is 15.0 Å². The molecule has 0 bridgehead atoms. The molecule has 4 heterocycles. The summed E-state index contributed by atoms with van der Waals surface area (Å²) in [6.07, 6.45) is 2.30. The van der Waals surface area contributed by atoms with Crippen LogP contribution in [0.3, 0.4) is 0 Å². The third-order valence-electron chi connectivity index (χ3n) is 6.40. The molecule has 3 aromatic heterocycles. The zero-order chi connectivity index (χ0) is 25.8. The predicted octanol–water partition coefficient (Wildman–Crippen LogP) is 5.22. The number of amides is 2. The third-order valence-corrected chi connectivity index (χ3v) is 6.40. The van der Waals surface area contributed by atoms with E-state index in [1.54, 1.807) is 48.6 Å². The van der Waals surface area contributed by atoms with Crippen molar-refractivity contribution in [3.8, 4) is 0 Å². The first-order valence-electron chi connectivity index (χ1n) is 11.9. The standard InChI is InChI=1S/C26H29FN6O3/c1-14-16-9-8-15(11-20(16)32(5)31-14)24(34)30-21-12-18-17(13-28-21)22(27)23(29-18)19-7-6-10-33(19)25(35)36-26(2,3)4/h8-9,11-13,19,29H,6-7,10H2,1-5H3,(H,28,30,34)/t19-/m1/s1. The molecule has 2 amide bonds. The molecular formula is C26H29FN6O3. The number of halogens is 1. The lowest BCUT2D eigenvalue weighted by Gasteiger charge is -2.28. The Morgan fingerprint density at radius 2 is 2.00 bits per heavy atom. The lowest BCUT2D eigenvalue weighted by atomic mass is 10.1. The van der Waals surface area contributed by atoms with Crippen LogP contribution < -0.4 is 5.32 Å². The van der Waals surface area contributed by atoms with Crippen molar-refractivity contribution in [3.63, 3.8) is 0 Å². The first-order valence-corrected chi connectivity index (χ1v) is 11.9. The minimum atomic E-state index is -0.639. The molecule has 10 heteroatoms. The second kappa shape index (κ2) is 8.61. The van der Waals surface area contributed by atoms with E-state index in [4.69, 9.17) is 4.74 Å². The number of nitrogens with zero attached hydrogens (tertiary/aromatic N) is 4. The Morgan fingerprint density at radius 3 is 2.75 bits per heavy atom. The third kappa shape index (κ3) is 4.27. The number of hydrogen-bond acceptors (Lipinski definition) is 5. The number of fused-ring (bicyclic) bond motifs is 2. The van der Waals surface area contributed by atoms with Crippen LogP contribution in [0.2, 0.25) is 0 Å². The molecular weight excluding hydrogens is 463 g/mol. The molecule has 0 spiro atoms. The number of aromatic nitrogens is 4. The SMILES string of the molecule is Cc1nn(C)c2cc(C(=O)Nc3cc4[nH]c([C@H]5CCCN5C(=O)OC(C)(C)C)c(F)c4cn3)ccc12. The second-order valence-corrected chi connectivity index (χ2v) is 10.2. The maximum atomic E-state index is 15.4. The number of hydrogen-bond donors (Lipinski definition) is 2. The Balaban J connectivity index is 1.39. The maximum Gasteiger partial charge on any atom is 0.410 e. The van der Waals surface area contributed by atoms with E-state index in [0.29, 0.717) is 35.1 Å². The van der Waals surface area contributed by atoms with Crippen LogP contribution in [0.15, 0.2) is 30.5 Å². The molecule has 1 aromatic carbocycles. The van der Waals surface area contributed by atoms with Gasteiger partial charge in [0.2, 0.25) is 0 Å². The summed E-state index contributed by atoms with van der Waals surface area (Å²) in [5.74, 6) is -0.494. The van der Waals surface area contributed by atoms with Crippen molar-refractivity contribution in [2.24, 2.45) is 7.05 Å². The monoisotopic (exact) mass is 492 g/mol. The van der Waals surface area contributed by atoms with Gasteiger partial charge in [-0.2, -0.15) is 5.10 Å². The molecule has 2 N–H and O–H groups in total. The van der Waals surface area contributed by atoms with Gasteiger partial charge in [-0.05, 0) is 52.7 Å². The number of aryl methyl sites for hydroxylation is 2. The lowest BCUT2D eigenvalue weighted by Crippen LogP contribution is -2.36. The summed E-state index contributed by atoms with van der Waals surface area (Å²) in [4.78, 5) is 34.5. The fourth-order valence-corrected chi connectivity index (χ4v) is 4.75. The van der Waals surface area contributed by atoms with Crippen molar-refractivity contribution in [1.82, 2.24) is 24.6 Å². The molecule has 0 saturated carbocycles. The molecule has 1 atom stereocenters. The molecule has 188 valence electrons. The number of nitrogens with one attached hydrogen (secondary N) is 2. The molecule has 1 saturated heterocycles. The van der Waals surface area contributed by atoms with E-state index in [0.717, 1.165) is 23.0 Å². The van der Waals surface area contributed by atoms with Gasteiger partial charge in [-0.25, -0.2) is 14.2 Å². The first kappa shape index (κ1) is 23.8. The van der Waals surface area contributed by atoms with Gasteiger partial charge < -0.3 is 15.0 Å².